The Balaban J connectivity index is 5.38. The SMILES string of the molecule is CC(=O)N[C@H](C)C/C(C(=O)O)=C(/C[C@@H](C)NC(C)=O)C(=O)O. The maximum Gasteiger partial charge on any atom is 0.332 e. The quantitative estimate of drug-likeness (QED) is 0.476. The van der Waals surface area contributed by atoms with Gasteiger partial charge >= 0.3 is 11.9 Å². The Morgan fingerprint density at radius 1 is 0.773 bits per heavy atom. The van der Waals surface area contributed by atoms with Crippen LogP contribution in [0.1, 0.15) is 40.5 Å². The van der Waals surface area contributed by atoms with Crippen molar-refractivity contribution in [2.24, 2.45) is 0 Å². The average Bonchev–Trinajstić information content (AvgIpc) is 2.30. The molecule has 0 aliphatic rings. The highest BCUT2D eigenvalue weighted by Crippen LogP contribution is 2.18. The minimum Gasteiger partial charge on any atom is -0.478 e. The summed E-state index contributed by atoms with van der Waals surface area (Å²) < 4.78 is 0. The van der Waals surface area contributed by atoms with Gasteiger partial charge in [-0.1, -0.05) is 0 Å². The lowest BCUT2D eigenvalue weighted by Crippen LogP contribution is -2.34. The van der Waals surface area contributed by atoms with Crippen molar-refractivity contribution in [3.63, 3.8) is 0 Å². The molecule has 0 saturated heterocycles. The van der Waals surface area contributed by atoms with Gasteiger partial charge in [0, 0.05) is 49.9 Å². The molecule has 0 unspecified atom stereocenters. The van der Waals surface area contributed by atoms with Crippen molar-refractivity contribution in [2.45, 2.75) is 52.6 Å². The third kappa shape index (κ3) is 7.41. The van der Waals surface area contributed by atoms with E-state index >= 15 is 0 Å². The topological polar surface area (TPSA) is 133 Å². The van der Waals surface area contributed by atoms with Gasteiger partial charge in [0.2, 0.25) is 11.8 Å². The monoisotopic (exact) mass is 314 g/mol. The molecule has 2 amide bonds. The molecule has 8 heteroatoms. The second-order valence-corrected chi connectivity index (χ2v) is 5.18. The summed E-state index contributed by atoms with van der Waals surface area (Å²) in [6.07, 6.45) is -0.243. The molecular formula is C14H22N2O6. The maximum atomic E-state index is 11.3. The largest absolute Gasteiger partial charge is 0.478 e. The lowest BCUT2D eigenvalue weighted by molar-refractivity contribution is -0.136. The summed E-state index contributed by atoms with van der Waals surface area (Å²) in [6, 6.07) is -1.04. The van der Waals surface area contributed by atoms with Gasteiger partial charge < -0.3 is 20.8 Å². The van der Waals surface area contributed by atoms with Crippen LogP contribution in [0.3, 0.4) is 0 Å². The van der Waals surface area contributed by atoms with Crippen LogP contribution in [0.4, 0.5) is 0 Å². The van der Waals surface area contributed by atoms with E-state index in [9.17, 15) is 29.4 Å². The van der Waals surface area contributed by atoms with Crippen LogP contribution < -0.4 is 10.6 Å². The summed E-state index contributed by atoms with van der Waals surface area (Å²) >= 11 is 0. The molecule has 8 nitrogen and oxygen atoms in total. The molecule has 0 aromatic carbocycles. The van der Waals surface area contributed by atoms with Crippen molar-refractivity contribution in [1.29, 1.82) is 0 Å². The highest BCUT2D eigenvalue weighted by atomic mass is 16.4. The number of hydrogen-bond donors (Lipinski definition) is 4. The minimum atomic E-state index is -1.36. The number of carboxylic acid groups (broad SMARTS) is 2. The first-order chi connectivity index (χ1) is 10.0. The van der Waals surface area contributed by atoms with Crippen LogP contribution in [0.15, 0.2) is 11.1 Å². The van der Waals surface area contributed by atoms with E-state index in [4.69, 9.17) is 0 Å². The zero-order valence-corrected chi connectivity index (χ0v) is 13.1. The molecule has 4 N–H and O–H groups in total. The molecule has 0 spiro atoms. The Labute approximate surface area is 128 Å². The summed E-state index contributed by atoms with van der Waals surface area (Å²) in [7, 11) is 0. The fourth-order valence-corrected chi connectivity index (χ4v) is 2.09. The van der Waals surface area contributed by atoms with Crippen molar-refractivity contribution < 1.29 is 29.4 Å². The number of carboxylic acids is 2. The third-order valence-electron chi connectivity index (χ3n) is 2.80. The number of carbonyl (C=O) groups is 4. The van der Waals surface area contributed by atoms with E-state index in [1.165, 1.54) is 13.8 Å². The van der Waals surface area contributed by atoms with Crippen LogP contribution in [0.25, 0.3) is 0 Å². The highest BCUT2D eigenvalue weighted by molar-refractivity contribution is 5.99. The van der Waals surface area contributed by atoms with Gasteiger partial charge in [0.05, 0.1) is 0 Å². The predicted molar refractivity (Wildman–Crippen MR) is 78.1 cm³/mol. The zero-order chi connectivity index (χ0) is 17.4. The Morgan fingerprint density at radius 2 is 1.05 bits per heavy atom. The van der Waals surface area contributed by atoms with Crippen LogP contribution in [0.5, 0.6) is 0 Å². The molecule has 0 heterocycles. The van der Waals surface area contributed by atoms with Crippen LogP contribution in [0, 0.1) is 0 Å². The standard InChI is InChI=1S/C14H22N2O6/c1-7(15-9(3)17)5-11(13(19)20)12(14(21)22)6-8(2)16-10(4)18/h7-8H,5-6H2,1-4H3,(H,15,17)(H,16,18)(H,19,20)(H,21,22)/b12-11+/t7-,8-/m1/s1. The second kappa shape index (κ2) is 8.81. The van der Waals surface area contributed by atoms with Crippen molar-refractivity contribution in [3.8, 4) is 0 Å². The second-order valence-electron chi connectivity index (χ2n) is 5.18. The number of rotatable bonds is 8. The van der Waals surface area contributed by atoms with Crippen LogP contribution in [-0.2, 0) is 19.2 Å². The molecular weight excluding hydrogens is 292 g/mol. The molecule has 0 rings (SSSR count). The lowest BCUT2D eigenvalue weighted by Gasteiger charge is -2.18. The highest BCUT2D eigenvalue weighted by Gasteiger charge is 2.24. The molecule has 0 fully saturated rings. The number of aliphatic carboxylic acids is 2. The van der Waals surface area contributed by atoms with Gasteiger partial charge in [0.25, 0.3) is 0 Å². The molecule has 0 aliphatic heterocycles. The lowest BCUT2D eigenvalue weighted by atomic mass is 9.96. The molecule has 2 atom stereocenters. The Hall–Kier alpha value is -2.38. The van der Waals surface area contributed by atoms with E-state index in [1.807, 2.05) is 0 Å². The van der Waals surface area contributed by atoms with Crippen LogP contribution >= 0.6 is 0 Å². The molecule has 0 saturated carbocycles. The van der Waals surface area contributed by atoms with E-state index in [-0.39, 0.29) is 35.8 Å². The van der Waals surface area contributed by atoms with Gasteiger partial charge in [-0.15, -0.1) is 0 Å². The van der Waals surface area contributed by atoms with E-state index in [0.717, 1.165) is 0 Å². The smallest absolute Gasteiger partial charge is 0.332 e. The molecule has 0 bridgehead atoms. The Kier molecular flexibility index (Phi) is 7.85. The van der Waals surface area contributed by atoms with Gasteiger partial charge in [-0.2, -0.15) is 0 Å². The van der Waals surface area contributed by atoms with Crippen molar-refractivity contribution in [1.82, 2.24) is 10.6 Å². The summed E-state index contributed by atoms with van der Waals surface area (Å²) in [4.78, 5) is 44.6. The molecule has 0 aromatic rings. The number of nitrogens with one attached hydrogen (secondary N) is 2. The molecule has 0 aliphatic carbocycles. The van der Waals surface area contributed by atoms with Gasteiger partial charge in [-0.25, -0.2) is 9.59 Å². The zero-order valence-electron chi connectivity index (χ0n) is 13.1. The Bertz CT molecular complexity index is 454. The van der Waals surface area contributed by atoms with Gasteiger partial charge in [0.1, 0.15) is 0 Å². The van der Waals surface area contributed by atoms with Crippen molar-refractivity contribution in [2.75, 3.05) is 0 Å². The summed E-state index contributed by atoms with van der Waals surface area (Å²) in [5, 5.41) is 23.5. The van der Waals surface area contributed by atoms with Gasteiger partial charge in [-0.05, 0) is 13.8 Å². The molecule has 124 valence electrons. The minimum absolute atomic E-state index is 0.122. The number of amides is 2. The fraction of sp³-hybridized carbons (Fsp3) is 0.571. The predicted octanol–water partition coefficient (Wildman–Crippen LogP) is 0.282. The first-order valence-corrected chi connectivity index (χ1v) is 6.77. The van der Waals surface area contributed by atoms with E-state index in [2.05, 4.69) is 10.6 Å². The molecule has 22 heavy (non-hydrogen) atoms. The average molecular weight is 314 g/mol. The van der Waals surface area contributed by atoms with Gasteiger partial charge in [-0.3, -0.25) is 9.59 Å². The van der Waals surface area contributed by atoms with Gasteiger partial charge in [0.15, 0.2) is 0 Å². The fourth-order valence-electron chi connectivity index (χ4n) is 2.09. The normalized spacial score (nSPS) is 14.4. The van der Waals surface area contributed by atoms with Crippen molar-refractivity contribution >= 4 is 23.8 Å². The first kappa shape index (κ1) is 19.6. The van der Waals surface area contributed by atoms with Crippen molar-refractivity contribution in [3.05, 3.63) is 11.1 Å². The summed E-state index contributed by atoms with van der Waals surface area (Å²) in [5.74, 6) is -3.38. The molecule has 0 aromatic heterocycles. The molecule has 0 radical (unpaired) electrons. The maximum absolute atomic E-state index is 11.3. The summed E-state index contributed by atoms with van der Waals surface area (Å²) in [5.41, 5.74) is -0.572. The van der Waals surface area contributed by atoms with E-state index < -0.39 is 24.0 Å². The first-order valence-electron chi connectivity index (χ1n) is 6.77. The summed E-state index contributed by atoms with van der Waals surface area (Å²) in [6.45, 7) is 5.75. The van der Waals surface area contributed by atoms with Crippen LogP contribution in [0.2, 0.25) is 0 Å². The third-order valence-corrected chi connectivity index (χ3v) is 2.80. The van der Waals surface area contributed by atoms with Crippen LogP contribution in [-0.4, -0.2) is 46.0 Å². The van der Waals surface area contributed by atoms with E-state index in [0.29, 0.717) is 0 Å². The number of hydrogen-bond acceptors (Lipinski definition) is 4. The Morgan fingerprint density at radius 3 is 1.23 bits per heavy atom. The number of carbonyl (C=O) groups excluding carboxylic acids is 2. The van der Waals surface area contributed by atoms with E-state index in [1.54, 1.807) is 13.8 Å².